The van der Waals surface area contributed by atoms with Crippen LogP contribution >= 0.6 is 23.8 Å². The van der Waals surface area contributed by atoms with Gasteiger partial charge in [-0.2, -0.15) is 4.99 Å². The Bertz CT molecular complexity index is 1180. The molecule has 176 valence electrons. The molecular formula is C22H23ClFN9S. The Hall–Kier alpha value is -3.44. The molecule has 0 saturated carbocycles. The summed E-state index contributed by atoms with van der Waals surface area (Å²) in [7, 11) is 0. The van der Waals surface area contributed by atoms with Crippen LogP contribution in [0.2, 0.25) is 5.02 Å². The summed E-state index contributed by atoms with van der Waals surface area (Å²) in [4.78, 5) is 26.3. The van der Waals surface area contributed by atoms with Gasteiger partial charge in [-0.1, -0.05) is 11.6 Å². The van der Waals surface area contributed by atoms with E-state index in [9.17, 15) is 4.39 Å². The number of piperazine rings is 1. The van der Waals surface area contributed by atoms with Crippen LogP contribution in [0.25, 0.3) is 0 Å². The molecule has 1 aromatic carbocycles. The van der Waals surface area contributed by atoms with Crippen molar-refractivity contribution in [1.82, 2.24) is 24.8 Å². The topological polar surface area (TPSA) is 94.5 Å². The molecule has 1 saturated heterocycles. The minimum absolute atomic E-state index is 0.00184. The van der Waals surface area contributed by atoms with Gasteiger partial charge < -0.3 is 15.1 Å². The number of rotatable bonds is 3. The maximum atomic E-state index is 13.5. The molecule has 4 rings (SSSR count). The molecular weight excluding hydrogens is 477 g/mol. The van der Waals surface area contributed by atoms with Gasteiger partial charge in [0.15, 0.2) is 0 Å². The second kappa shape index (κ2) is 10.7. The Morgan fingerprint density at radius 2 is 1.71 bits per heavy atom. The molecule has 34 heavy (non-hydrogen) atoms. The average Bonchev–Trinajstić information content (AvgIpc) is 2.81. The number of hydrogen-bond donors (Lipinski definition) is 2. The van der Waals surface area contributed by atoms with Crippen LogP contribution in [0.5, 0.6) is 0 Å². The SMILES string of the molecule is Cc1cc(C)nc(N/C(=N/C(=S)Nc2ccc(F)c(Cl)c2)N2CCN(c3ncccn3)CC2)n1. The highest BCUT2D eigenvalue weighted by Crippen LogP contribution is 2.19. The number of aliphatic imine (C=N–C) groups is 1. The maximum absolute atomic E-state index is 13.5. The summed E-state index contributed by atoms with van der Waals surface area (Å²) in [5.41, 5.74) is 2.21. The Labute approximate surface area is 207 Å². The quantitative estimate of drug-likeness (QED) is 0.318. The van der Waals surface area contributed by atoms with Crippen LogP contribution in [-0.2, 0) is 0 Å². The Morgan fingerprint density at radius 1 is 1.03 bits per heavy atom. The van der Waals surface area contributed by atoms with Gasteiger partial charge in [0.1, 0.15) is 5.82 Å². The molecule has 0 aliphatic carbocycles. The number of nitrogens with zero attached hydrogens (tertiary/aromatic N) is 7. The second-order valence-electron chi connectivity index (χ2n) is 7.62. The molecule has 1 fully saturated rings. The predicted octanol–water partition coefficient (Wildman–Crippen LogP) is 3.66. The average molecular weight is 500 g/mol. The van der Waals surface area contributed by atoms with Gasteiger partial charge in [-0.15, -0.1) is 0 Å². The smallest absolute Gasteiger partial charge is 0.229 e. The van der Waals surface area contributed by atoms with Gasteiger partial charge in [0.05, 0.1) is 5.02 Å². The monoisotopic (exact) mass is 499 g/mol. The fourth-order valence-corrected chi connectivity index (χ4v) is 3.84. The van der Waals surface area contributed by atoms with E-state index in [1.807, 2.05) is 19.9 Å². The van der Waals surface area contributed by atoms with Crippen molar-refractivity contribution in [3.8, 4) is 0 Å². The van der Waals surface area contributed by atoms with E-state index < -0.39 is 5.82 Å². The normalized spacial score (nSPS) is 14.2. The summed E-state index contributed by atoms with van der Waals surface area (Å²) in [6.07, 6.45) is 3.46. The zero-order chi connectivity index (χ0) is 24.1. The molecule has 3 aromatic rings. The lowest BCUT2D eigenvalue weighted by Crippen LogP contribution is -2.51. The van der Waals surface area contributed by atoms with Crippen molar-refractivity contribution in [2.24, 2.45) is 4.99 Å². The molecule has 0 radical (unpaired) electrons. The number of anilines is 3. The first kappa shape index (κ1) is 23.7. The third-order valence-electron chi connectivity index (χ3n) is 5.00. The van der Waals surface area contributed by atoms with Crippen molar-refractivity contribution in [2.45, 2.75) is 13.8 Å². The van der Waals surface area contributed by atoms with Crippen LogP contribution < -0.4 is 15.5 Å². The van der Waals surface area contributed by atoms with Gasteiger partial charge in [-0.3, -0.25) is 5.32 Å². The lowest BCUT2D eigenvalue weighted by Gasteiger charge is -2.36. The number of thiocarbonyl (C=S) groups is 1. The first-order valence-electron chi connectivity index (χ1n) is 10.6. The highest BCUT2D eigenvalue weighted by molar-refractivity contribution is 7.80. The van der Waals surface area contributed by atoms with Crippen molar-refractivity contribution in [3.05, 3.63) is 65.0 Å². The third kappa shape index (κ3) is 6.12. The van der Waals surface area contributed by atoms with Gasteiger partial charge in [-0.25, -0.2) is 24.3 Å². The second-order valence-corrected chi connectivity index (χ2v) is 8.41. The molecule has 1 aliphatic heterocycles. The van der Waals surface area contributed by atoms with E-state index in [0.717, 1.165) is 11.4 Å². The zero-order valence-electron chi connectivity index (χ0n) is 18.7. The zero-order valence-corrected chi connectivity index (χ0v) is 20.2. The lowest BCUT2D eigenvalue weighted by atomic mass is 10.3. The molecule has 0 spiro atoms. The lowest BCUT2D eigenvalue weighted by molar-refractivity contribution is 0.382. The fourth-order valence-electron chi connectivity index (χ4n) is 3.45. The molecule has 0 bridgehead atoms. The van der Waals surface area contributed by atoms with Gasteiger partial charge >= 0.3 is 0 Å². The van der Waals surface area contributed by atoms with Gasteiger partial charge in [0, 0.05) is 55.6 Å². The van der Waals surface area contributed by atoms with Crippen molar-refractivity contribution in [1.29, 1.82) is 0 Å². The van der Waals surface area contributed by atoms with Gasteiger partial charge in [0.2, 0.25) is 23.0 Å². The summed E-state index contributed by atoms with van der Waals surface area (Å²) in [5.74, 6) is 1.12. The minimum atomic E-state index is -0.503. The van der Waals surface area contributed by atoms with Crippen LogP contribution in [0.3, 0.4) is 0 Å². The minimum Gasteiger partial charge on any atom is -0.339 e. The Balaban J connectivity index is 1.53. The molecule has 1 aliphatic rings. The molecule has 0 amide bonds. The predicted molar refractivity (Wildman–Crippen MR) is 136 cm³/mol. The van der Waals surface area contributed by atoms with Crippen molar-refractivity contribution in [2.75, 3.05) is 41.7 Å². The number of halogens is 2. The molecule has 0 atom stereocenters. The van der Waals surface area contributed by atoms with E-state index >= 15 is 0 Å². The van der Waals surface area contributed by atoms with Gasteiger partial charge in [-0.05, 0) is 56.4 Å². The molecule has 9 nitrogen and oxygen atoms in total. The molecule has 2 aromatic heterocycles. The number of guanidine groups is 1. The Kier molecular flexibility index (Phi) is 7.43. The van der Waals surface area contributed by atoms with E-state index in [0.29, 0.717) is 49.7 Å². The molecule has 0 unspecified atom stereocenters. The van der Waals surface area contributed by atoms with Crippen LogP contribution in [0.15, 0.2) is 47.7 Å². The van der Waals surface area contributed by atoms with Crippen molar-refractivity contribution < 1.29 is 4.39 Å². The summed E-state index contributed by atoms with van der Waals surface area (Å²) >= 11 is 11.3. The summed E-state index contributed by atoms with van der Waals surface area (Å²) in [6.45, 7) is 6.51. The van der Waals surface area contributed by atoms with Crippen molar-refractivity contribution in [3.63, 3.8) is 0 Å². The third-order valence-corrected chi connectivity index (χ3v) is 5.48. The molecule has 3 heterocycles. The van der Waals surface area contributed by atoms with Crippen LogP contribution in [0.1, 0.15) is 11.4 Å². The van der Waals surface area contributed by atoms with E-state index in [2.05, 4.69) is 45.4 Å². The van der Waals surface area contributed by atoms with Crippen LogP contribution in [0.4, 0.5) is 22.0 Å². The fraction of sp³-hybridized carbons (Fsp3) is 0.273. The highest BCUT2D eigenvalue weighted by Gasteiger charge is 2.22. The standard InChI is InChI=1S/C22H23ClFN9S/c1-14-12-15(2)28-19(27-14)30-21(31-22(34)29-16-4-5-18(24)17(23)13-16)33-10-8-32(9-11-33)20-25-6-3-7-26-20/h3-7,12-13H,8-11H2,1-2H3,(H2,27,28,29,30,31,34). The van der Waals surface area contributed by atoms with Crippen LogP contribution in [-0.4, -0.2) is 62.1 Å². The number of benzene rings is 1. The van der Waals surface area contributed by atoms with E-state index in [1.54, 1.807) is 24.5 Å². The summed E-state index contributed by atoms with van der Waals surface area (Å²) in [5, 5.41) is 6.37. The van der Waals surface area contributed by atoms with E-state index in [4.69, 9.17) is 23.8 Å². The largest absolute Gasteiger partial charge is 0.339 e. The number of nitrogens with one attached hydrogen (secondary N) is 2. The van der Waals surface area contributed by atoms with Crippen molar-refractivity contribution >= 4 is 52.5 Å². The number of aromatic nitrogens is 4. The van der Waals surface area contributed by atoms with Crippen LogP contribution in [0, 0.1) is 19.7 Å². The first-order chi connectivity index (χ1) is 16.4. The first-order valence-corrected chi connectivity index (χ1v) is 11.4. The Morgan fingerprint density at radius 3 is 2.35 bits per heavy atom. The maximum Gasteiger partial charge on any atom is 0.229 e. The van der Waals surface area contributed by atoms with Gasteiger partial charge in [0.25, 0.3) is 0 Å². The van der Waals surface area contributed by atoms with E-state index in [1.165, 1.54) is 12.1 Å². The summed E-state index contributed by atoms with van der Waals surface area (Å²) in [6, 6.07) is 7.95. The number of hydrogen-bond acceptors (Lipinski definition) is 6. The molecule has 12 heteroatoms. The number of aryl methyl sites for hydroxylation is 2. The highest BCUT2D eigenvalue weighted by atomic mass is 35.5. The summed E-state index contributed by atoms with van der Waals surface area (Å²) < 4.78 is 13.5. The molecule has 2 N–H and O–H groups in total. The van der Waals surface area contributed by atoms with E-state index in [-0.39, 0.29) is 10.1 Å².